The molecule has 1 atom stereocenters. The molecule has 138 valence electrons. The second-order valence-corrected chi connectivity index (χ2v) is 7.55. The van der Waals surface area contributed by atoms with Crippen LogP contribution >= 0.6 is 23.2 Å². The summed E-state index contributed by atoms with van der Waals surface area (Å²) >= 11 is 11.8. The first-order valence-corrected chi connectivity index (χ1v) is 9.48. The monoisotopic (exact) mass is 416 g/mol. The zero-order valence-corrected chi connectivity index (χ0v) is 15.7. The number of rotatable bonds is 5. The van der Waals surface area contributed by atoms with Gasteiger partial charge in [0.05, 0.1) is 26.2 Å². The van der Waals surface area contributed by atoms with Crippen molar-refractivity contribution >= 4 is 50.8 Å². The molecule has 1 amide bonds. The maximum absolute atomic E-state index is 12.1. The van der Waals surface area contributed by atoms with Crippen molar-refractivity contribution in [3.05, 3.63) is 58.1 Å². The Morgan fingerprint density at radius 2 is 1.73 bits per heavy atom. The molecule has 0 saturated carbocycles. The molecule has 0 aromatic heterocycles. The van der Waals surface area contributed by atoms with Crippen molar-refractivity contribution in [1.29, 1.82) is 0 Å². The molecule has 0 spiro atoms. The Hall–Kier alpha value is -2.13. The zero-order chi connectivity index (χ0) is 19.5. The summed E-state index contributed by atoms with van der Waals surface area (Å²) in [6, 6.07) is 9.53. The number of sulfonamides is 1. The summed E-state index contributed by atoms with van der Waals surface area (Å²) in [6.07, 6.45) is -1.13. The minimum atomic E-state index is -3.86. The van der Waals surface area contributed by atoms with E-state index in [1.54, 1.807) is 18.2 Å². The molecule has 0 aliphatic heterocycles. The number of esters is 1. The predicted molar refractivity (Wildman–Crippen MR) is 97.8 cm³/mol. The third kappa shape index (κ3) is 4.95. The van der Waals surface area contributed by atoms with E-state index in [0.29, 0.717) is 0 Å². The van der Waals surface area contributed by atoms with E-state index in [9.17, 15) is 18.0 Å². The molecule has 10 heteroatoms. The van der Waals surface area contributed by atoms with Gasteiger partial charge in [-0.2, -0.15) is 0 Å². The fourth-order valence-electron chi connectivity index (χ4n) is 1.90. The molecule has 3 N–H and O–H groups in total. The summed E-state index contributed by atoms with van der Waals surface area (Å²) < 4.78 is 27.4. The van der Waals surface area contributed by atoms with E-state index in [1.807, 2.05) is 0 Å². The lowest BCUT2D eigenvalue weighted by Gasteiger charge is -2.14. The van der Waals surface area contributed by atoms with Crippen molar-refractivity contribution in [3.63, 3.8) is 0 Å². The fourth-order valence-corrected chi connectivity index (χ4v) is 2.76. The molecular formula is C16H14Cl2N2O5S. The fraction of sp³-hybridized carbons (Fsp3) is 0.125. The van der Waals surface area contributed by atoms with E-state index in [1.165, 1.54) is 31.2 Å². The van der Waals surface area contributed by atoms with E-state index in [4.69, 9.17) is 33.1 Å². The lowest BCUT2D eigenvalue weighted by molar-refractivity contribution is -0.123. The number of halogens is 2. The van der Waals surface area contributed by atoms with Crippen LogP contribution in [0.5, 0.6) is 0 Å². The standard InChI is InChI=1S/C16H14Cl2N2O5S/c1-9(15(21)20-13-4-2-3-12(17)14(13)18)25-16(22)10-5-7-11(8-6-10)26(19,23)24/h2-9H,1H3,(H,20,21)(H2,19,23,24). The average Bonchev–Trinajstić information content (AvgIpc) is 2.58. The minimum Gasteiger partial charge on any atom is -0.449 e. The molecule has 0 radical (unpaired) electrons. The molecule has 2 aromatic rings. The van der Waals surface area contributed by atoms with E-state index in [0.717, 1.165) is 0 Å². The number of anilines is 1. The maximum atomic E-state index is 12.1. The van der Waals surface area contributed by atoms with E-state index < -0.39 is 28.0 Å². The average molecular weight is 417 g/mol. The molecule has 0 aliphatic carbocycles. The van der Waals surface area contributed by atoms with E-state index >= 15 is 0 Å². The number of benzene rings is 2. The summed E-state index contributed by atoms with van der Waals surface area (Å²) in [5.41, 5.74) is 0.349. The van der Waals surface area contributed by atoms with E-state index in [2.05, 4.69) is 5.32 Å². The first-order chi connectivity index (χ1) is 12.1. The Kier molecular flexibility index (Phi) is 6.25. The second-order valence-electron chi connectivity index (χ2n) is 5.21. The SMILES string of the molecule is CC(OC(=O)c1ccc(S(N)(=O)=O)cc1)C(=O)Nc1cccc(Cl)c1Cl. The lowest BCUT2D eigenvalue weighted by atomic mass is 10.2. The van der Waals surface area contributed by atoms with Gasteiger partial charge in [-0.1, -0.05) is 29.3 Å². The van der Waals surface area contributed by atoms with Gasteiger partial charge in [0.1, 0.15) is 0 Å². The maximum Gasteiger partial charge on any atom is 0.338 e. The van der Waals surface area contributed by atoms with Gasteiger partial charge in [0.2, 0.25) is 10.0 Å². The van der Waals surface area contributed by atoms with Gasteiger partial charge in [-0.05, 0) is 43.3 Å². The Morgan fingerprint density at radius 3 is 2.31 bits per heavy atom. The molecule has 0 heterocycles. The third-order valence-corrected chi connectivity index (χ3v) is 5.03. The van der Waals surface area contributed by atoms with Crippen molar-refractivity contribution in [2.75, 3.05) is 5.32 Å². The summed E-state index contributed by atoms with van der Waals surface area (Å²) in [7, 11) is -3.86. The van der Waals surface area contributed by atoms with Crippen LogP contribution < -0.4 is 10.5 Å². The topological polar surface area (TPSA) is 116 Å². The summed E-state index contributed by atoms with van der Waals surface area (Å²) in [4.78, 5) is 24.1. The Labute approximate surface area is 160 Å². The highest BCUT2D eigenvalue weighted by Gasteiger charge is 2.20. The van der Waals surface area contributed by atoms with Crippen LogP contribution in [0.4, 0.5) is 5.69 Å². The molecule has 2 rings (SSSR count). The molecule has 0 fully saturated rings. The zero-order valence-electron chi connectivity index (χ0n) is 13.4. The number of hydrogen-bond donors (Lipinski definition) is 2. The predicted octanol–water partition coefficient (Wildman–Crippen LogP) is 2.82. The van der Waals surface area contributed by atoms with Crippen LogP contribution in [-0.2, 0) is 19.6 Å². The molecule has 2 aromatic carbocycles. The molecule has 0 saturated heterocycles. The quantitative estimate of drug-likeness (QED) is 0.726. The molecule has 0 bridgehead atoms. The van der Waals surface area contributed by atoms with Crippen molar-refractivity contribution in [2.45, 2.75) is 17.9 Å². The second kappa shape index (κ2) is 8.05. The molecule has 0 aliphatic rings. The first-order valence-electron chi connectivity index (χ1n) is 7.18. The molecular weight excluding hydrogens is 403 g/mol. The minimum absolute atomic E-state index is 0.0674. The highest BCUT2D eigenvalue weighted by molar-refractivity contribution is 7.89. The van der Waals surface area contributed by atoms with Crippen LogP contribution in [0.3, 0.4) is 0 Å². The third-order valence-electron chi connectivity index (χ3n) is 3.28. The highest BCUT2D eigenvalue weighted by Crippen LogP contribution is 2.29. The van der Waals surface area contributed by atoms with Crippen molar-refractivity contribution in [1.82, 2.24) is 0 Å². The van der Waals surface area contributed by atoms with Crippen LogP contribution in [0.1, 0.15) is 17.3 Å². The molecule has 1 unspecified atom stereocenters. The van der Waals surface area contributed by atoms with Crippen LogP contribution in [-0.4, -0.2) is 26.4 Å². The van der Waals surface area contributed by atoms with Crippen LogP contribution in [0.15, 0.2) is 47.4 Å². The first kappa shape index (κ1) is 20.2. The van der Waals surface area contributed by atoms with Gasteiger partial charge in [0, 0.05) is 0 Å². The highest BCUT2D eigenvalue weighted by atomic mass is 35.5. The van der Waals surface area contributed by atoms with Crippen molar-refractivity contribution < 1.29 is 22.7 Å². The lowest BCUT2D eigenvalue weighted by Crippen LogP contribution is -2.30. The largest absolute Gasteiger partial charge is 0.449 e. The number of ether oxygens (including phenoxy) is 1. The number of amides is 1. The van der Waals surface area contributed by atoms with Crippen molar-refractivity contribution in [2.24, 2.45) is 5.14 Å². The number of carbonyl (C=O) groups is 2. The van der Waals surface area contributed by atoms with Gasteiger partial charge in [-0.15, -0.1) is 0 Å². The van der Waals surface area contributed by atoms with E-state index in [-0.39, 0.29) is 26.2 Å². The Bertz CT molecular complexity index is 946. The Morgan fingerprint density at radius 1 is 1.12 bits per heavy atom. The van der Waals surface area contributed by atoms with Crippen molar-refractivity contribution in [3.8, 4) is 0 Å². The number of primary sulfonamides is 1. The Balaban J connectivity index is 2.04. The number of hydrogen-bond acceptors (Lipinski definition) is 5. The summed E-state index contributed by atoms with van der Waals surface area (Å²) in [6.45, 7) is 1.38. The summed E-state index contributed by atoms with van der Waals surface area (Å²) in [5.74, 6) is -1.41. The number of nitrogens with one attached hydrogen (secondary N) is 1. The van der Waals surface area contributed by atoms with Gasteiger partial charge in [-0.25, -0.2) is 18.4 Å². The van der Waals surface area contributed by atoms with Gasteiger partial charge in [0.15, 0.2) is 6.10 Å². The van der Waals surface area contributed by atoms with Gasteiger partial charge in [-0.3, -0.25) is 4.79 Å². The van der Waals surface area contributed by atoms with Gasteiger partial charge in [0.25, 0.3) is 5.91 Å². The molecule has 7 nitrogen and oxygen atoms in total. The summed E-state index contributed by atoms with van der Waals surface area (Å²) in [5, 5.41) is 7.92. The number of nitrogens with two attached hydrogens (primary N) is 1. The van der Waals surface area contributed by atoms with Gasteiger partial charge < -0.3 is 10.1 Å². The van der Waals surface area contributed by atoms with Crippen LogP contribution in [0.2, 0.25) is 10.0 Å². The molecule has 26 heavy (non-hydrogen) atoms. The number of carbonyl (C=O) groups excluding carboxylic acids is 2. The van der Waals surface area contributed by atoms with Crippen LogP contribution in [0, 0.1) is 0 Å². The normalized spacial score (nSPS) is 12.3. The van der Waals surface area contributed by atoms with Crippen LogP contribution in [0.25, 0.3) is 0 Å². The van der Waals surface area contributed by atoms with Gasteiger partial charge >= 0.3 is 5.97 Å². The smallest absolute Gasteiger partial charge is 0.338 e.